The van der Waals surface area contributed by atoms with Crippen molar-refractivity contribution in [1.82, 2.24) is 20.9 Å². The van der Waals surface area contributed by atoms with Crippen LogP contribution < -0.4 is 10.9 Å². The normalized spacial score (nSPS) is 16.2. The predicted molar refractivity (Wildman–Crippen MR) is 187 cm³/mol. The van der Waals surface area contributed by atoms with E-state index in [-0.39, 0.29) is 26.1 Å². The van der Waals surface area contributed by atoms with Crippen LogP contribution in [0.25, 0.3) is 0 Å². The minimum Gasteiger partial charge on any atom is -0.481 e. The zero-order valence-electron chi connectivity index (χ0n) is 29.1. The van der Waals surface area contributed by atoms with Crippen molar-refractivity contribution < 1.29 is 63.4 Å². The van der Waals surface area contributed by atoms with Crippen molar-refractivity contribution in [2.75, 3.05) is 0 Å². The third kappa shape index (κ3) is 13.2. The van der Waals surface area contributed by atoms with Gasteiger partial charge in [-0.2, -0.15) is 5.43 Å². The number of hydrazine groups is 2. The van der Waals surface area contributed by atoms with Crippen LogP contribution >= 0.6 is 0 Å². The van der Waals surface area contributed by atoms with Crippen LogP contribution in [0.4, 0.5) is 9.59 Å². The number of carboxylic acid groups (broad SMARTS) is 4. The van der Waals surface area contributed by atoms with Gasteiger partial charge < -0.3 is 34.6 Å². The summed E-state index contributed by atoms with van der Waals surface area (Å²) in [6.07, 6.45) is -5.67. The maximum Gasteiger partial charge on any atom is 0.425 e. The van der Waals surface area contributed by atoms with Crippen LogP contribution in [0, 0.1) is 0 Å². The van der Waals surface area contributed by atoms with E-state index in [4.69, 9.17) is 14.2 Å². The topological polar surface area (TPSA) is 245 Å². The zero-order chi connectivity index (χ0) is 39.0. The van der Waals surface area contributed by atoms with E-state index in [0.29, 0.717) is 16.1 Å². The molecule has 6 N–H and O–H groups in total. The van der Waals surface area contributed by atoms with Gasteiger partial charge in [-0.25, -0.2) is 34.6 Å². The van der Waals surface area contributed by atoms with Crippen molar-refractivity contribution in [3.8, 4) is 0 Å². The molecule has 4 rings (SSSR count). The molecule has 1 aliphatic heterocycles. The molecule has 288 valence electrons. The summed E-state index contributed by atoms with van der Waals surface area (Å²) < 4.78 is 16.6. The van der Waals surface area contributed by atoms with Crippen LogP contribution in [0.5, 0.6) is 0 Å². The van der Waals surface area contributed by atoms with E-state index >= 15 is 0 Å². The monoisotopic (exact) mass is 750 g/mol. The zero-order valence-corrected chi connectivity index (χ0v) is 29.1. The summed E-state index contributed by atoms with van der Waals surface area (Å²) in [6, 6.07) is 22.2. The quantitative estimate of drug-likeness (QED) is 0.0634. The van der Waals surface area contributed by atoms with Gasteiger partial charge in [0.15, 0.2) is 6.23 Å². The Kier molecular flexibility index (Phi) is 15.3. The molecule has 0 radical (unpaired) electrons. The van der Waals surface area contributed by atoms with Gasteiger partial charge in [0.1, 0.15) is 31.4 Å². The van der Waals surface area contributed by atoms with Gasteiger partial charge in [0.25, 0.3) is 0 Å². The number of carbonyl (C=O) groups excluding carboxylic acids is 2. The average molecular weight is 751 g/mol. The van der Waals surface area contributed by atoms with Crippen molar-refractivity contribution in [3.63, 3.8) is 0 Å². The number of nitrogens with one attached hydrogen (secondary N) is 2. The van der Waals surface area contributed by atoms with Gasteiger partial charge in [0, 0.05) is 18.9 Å². The summed E-state index contributed by atoms with van der Waals surface area (Å²) in [5, 5.41) is 40.1. The van der Waals surface area contributed by atoms with E-state index in [9.17, 15) is 49.2 Å². The smallest absolute Gasteiger partial charge is 0.425 e. The Morgan fingerprint density at radius 2 is 1.06 bits per heavy atom. The van der Waals surface area contributed by atoms with Crippen LogP contribution in [0.15, 0.2) is 91.0 Å². The standard InChI is InChI=1S/C37H42N4O13/c42-31(43)18-16-28(34(46)47)40(36(50)52-22-25-12-6-2-7-13-25)38-27(20-24-10-4-1-5-11-24)21-30-33(54-30)39-41(29(35(48)49)17-19-32(44)45)37(51)53-23-26-14-8-3-9-15-26/h1-15,27-30,33,38-39H,16-23H2,(H,42,43)(H,44,45)(H,46,47)(H,48,49)/t27-,28-,29-,30-,33?/m0/s1. The second kappa shape index (κ2) is 20.3. The predicted octanol–water partition coefficient (Wildman–Crippen LogP) is 3.64. The van der Waals surface area contributed by atoms with Crippen molar-refractivity contribution in [3.05, 3.63) is 108 Å². The van der Waals surface area contributed by atoms with Crippen LogP contribution in [-0.4, -0.2) is 97.0 Å². The molecule has 3 aromatic carbocycles. The fourth-order valence-electron chi connectivity index (χ4n) is 5.49. The summed E-state index contributed by atoms with van der Waals surface area (Å²) >= 11 is 0. The van der Waals surface area contributed by atoms with Gasteiger partial charge in [-0.3, -0.25) is 9.59 Å². The highest BCUT2D eigenvalue weighted by Crippen LogP contribution is 2.28. The average Bonchev–Trinajstić information content (AvgIpc) is 3.89. The molecule has 17 heteroatoms. The Balaban J connectivity index is 1.55. The number of rotatable bonds is 22. The summed E-state index contributed by atoms with van der Waals surface area (Å²) in [7, 11) is 0. The van der Waals surface area contributed by atoms with E-state index in [1.54, 1.807) is 91.0 Å². The highest BCUT2D eigenvalue weighted by atomic mass is 16.6. The van der Waals surface area contributed by atoms with Crippen LogP contribution in [-0.2, 0) is 53.0 Å². The number of hydrogen-bond donors (Lipinski definition) is 6. The molecular weight excluding hydrogens is 708 g/mol. The second-order valence-corrected chi connectivity index (χ2v) is 12.4. The molecule has 0 bridgehead atoms. The number of hydrogen-bond acceptors (Lipinski definition) is 11. The molecule has 0 aromatic heterocycles. The van der Waals surface area contributed by atoms with Crippen molar-refractivity contribution >= 4 is 36.1 Å². The number of aliphatic carboxylic acids is 4. The molecule has 2 amide bonds. The summed E-state index contributed by atoms with van der Waals surface area (Å²) in [5.41, 5.74) is 7.67. The fraction of sp³-hybridized carbons (Fsp3) is 0.351. The summed E-state index contributed by atoms with van der Waals surface area (Å²) in [4.78, 5) is 74.3. The Bertz CT molecular complexity index is 1710. The van der Waals surface area contributed by atoms with E-state index in [1.807, 2.05) is 0 Å². The first-order chi connectivity index (χ1) is 25.9. The number of benzene rings is 3. The Labute approximate surface area is 310 Å². The number of amides is 2. The van der Waals surface area contributed by atoms with Gasteiger partial charge >= 0.3 is 36.1 Å². The molecule has 1 aliphatic rings. The minimum atomic E-state index is -1.66. The van der Waals surface area contributed by atoms with Crippen molar-refractivity contribution in [2.45, 2.75) is 82.2 Å². The number of nitrogens with zero attached hydrogens (tertiary/aromatic N) is 2. The molecule has 54 heavy (non-hydrogen) atoms. The molecule has 0 saturated carbocycles. The maximum atomic E-state index is 13.5. The molecule has 1 saturated heterocycles. The van der Waals surface area contributed by atoms with E-state index in [2.05, 4.69) is 10.9 Å². The first-order valence-electron chi connectivity index (χ1n) is 17.0. The molecule has 1 heterocycles. The molecule has 3 aromatic rings. The largest absolute Gasteiger partial charge is 0.481 e. The number of epoxide rings is 1. The summed E-state index contributed by atoms with van der Waals surface area (Å²) in [6.45, 7) is -0.406. The van der Waals surface area contributed by atoms with Crippen LogP contribution in [0.3, 0.4) is 0 Å². The summed E-state index contributed by atoms with van der Waals surface area (Å²) in [5.74, 6) is -5.52. The Morgan fingerprint density at radius 3 is 1.50 bits per heavy atom. The van der Waals surface area contributed by atoms with E-state index in [0.717, 1.165) is 10.6 Å². The third-order valence-electron chi connectivity index (χ3n) is 8.27. The van der Waals surface area contributed by atoms with Crippen LogP contribution in [0.2, 0.25) is 0 Å². The fourth-order valence-corrected chi connectivity index (χ4v) is 5.49. The lowest BCUT2D eigenvalue weighted by Crippen LogP contribution is -2.57. The highest BCUT2D eigenvalue weighted by Gasteiger charge is 2.46. The maximum absolute atomic E-state index is 13.5. The highest BCUT2D eigenvalue weighted by molar-refractivity contribution is 5.81. The molecular formula is C37H42N4O13. The lowest BCUT2D eigenvalue weighted by atomic mass is 10.0. The van der Waals surface area contributed by atoms with E-state index in [1.165, 1.54) is 0 Å². The molecule has 1 unspecified atom stereocenters. The minimum absolute atomic E-state index is 0.0556. The molecule has 5 atom stereocenters. The Hall–Kier alpha value is -6.04. The van der Waals surface area contributed by atoms with Crippen molar-refractivity contribution in [2.24, 2.45) is 0 Å². The lowest BCUT2D eigenvalue weighted by molar-refractivity contribution is -0.147. The number of ether oxygens (including phenoxy) is 3. The molecule has 0 aliphatic carbocycles. The second-order valence-electron chi connectivity index (χ2n) is 12.4. The van der Waals surface area contributed by atoms with E-state index < -0.39 is 92.2 Å². The van der Waals surface area contributed by atoms with Gasteiger partial charge in [0.05, 0.1) is 0 Å². The number of carboxylic acids is 4. The first kappa shape index (κ1) is 40.7. The van der Waals surface area contributed by atoms with Gasteiger partial charge in [-0.15, -0.1) is 0 Å². The van der Waals surface area contributed by atoms with Crippen molar-refractivity contribution in [1.29, 1.82) is 0 Å². The molecule has 1 fully saturated rings. The molecule has 0 spiro atoms. The Morgan fingerprint density at radius 1 is 0.630 bits per heavy atom. The third-order valence-corrected chi connectivity index (χ3v) is 8.27. The van der Waals surface area contributed by atoms with Gasteiger partial charge in [-0.05, 0) is 42.4 Å². The van der Waals surface area contributed by atoms with Crippen LogP contribution in [0.1, 0.15) is 48.8 Å². The SMILES string of the molecule is O=C(O)CC[C@@H](C(=O)O)N(NC1O[C@H]1C[C@H](Cc1ccccc1)NN(C(=O)OCc1ccccc1)[C@@H](CCC(=O)O)C(=O)O)C(=O)OCc1ccccc1. The number of carbonyl (C=O) groups is 6. The lowest BCUT2D eigenvalue weighted by Gasteiger charge is -2.32. The molecule has 17 nitrogen and oxygen atoms in total. The first-order valence-corrected chi connectivity index (χ1v) is 17.0. The van der Waals surface area contributed by atoms with Gasteiger partial charge in [0.2, 0.25) is 0 Å². The van der Waals surface area contributed by atoms with Gasteiger partial charge in [-0.1, -0.05) is 91.0 Å².